The molecule has 0 saturated heterocycles. The first-order chi connectivity index (χ1) is 11.7. The van der Waals surface area contributed by atoms with Gasteiger partial charge in [0, 0.05) is 51.4 Å². The molecule has 0 amide bonds. The Kier molecular flexibility index (Phi) is 25.1. The minimum absolute atomic E-state index is 0. The van der Waals surface area contributed by atoms with Crippen LogP contribution in [0.15, 0.2) is 0 Å². The summed E-state index contributed by atoms with van der Waals surface area (Å²) in [6.45, 7) is 5.33. The average Bonchev–Trinajstić information content (AvgIpc) is 2.58. The Morgan fingerprint density at radius 3 is 1.24 bits per heavy atom. The molecule has 0 heterocycles. The van der Waals surface area contributed by atoms with E-state index in [9.17, 15) is 9.59 Å². The van der Waals surface area contributed by atoms with E-state index in [0.29, 0.717) is 13.2 Å². The Balaban J connectivity index is 0. The standard InChI is InChI=1S/C20H38O4.K/c1-3-5-7-9-11-13-17-23-19(21)15-16-20(22)24-18-14-12-10-8-6-4-2;/h3-18H2,1-2H3;. The molecule has 0 aliphatic rings. The molecule has 1 radical (unpaired) electrons. The van der Waals surface area contributed by atoms with Crippen LogP contribution in [-0.4, -0.2) is 76.5 Å². The van der Waals surface area contributed by atoms with Gasteiger partial charge in [-0.1, -0.05) is 78.1 Å². The van der Waals surface area contributed by atoms with Crippen molar-refractivity contribution in [1.82, 2.24) is 0 Å². The second kappa shape index (κ2) is 22.6. The number of hydrogen-bond acceptors (Lipinski definition) is 4. The number of ether oxygens (including phenoxy) is 2. The molecule has 25 heavy (non-hydrogen) atoms. The van der Waals surface area contributed by atoms with Crippen molar-refractivity contribution in [3.8, 4) is 0 Å². The molecule has 0 saturated carbocycles. The zero-order chi connectivity index (χ0) is 17.9. The first-order valence-corrected chi connectivity index (χ1v) is 10.0. The first-order valence-electron chi connectivity index (χ1n) is 10.0. The number of rotatable bonds is 17. The van der Waals surface area contributed by atoms with Crippen molar-refractivity contribution in [1.29, 1.82) is 0 Å². The van der Waals surface area contributed by atoms with Crippen molar-refractivity contribution in [2.45, 2.75) is 104 Å². The third-order valence-corrected chi connectivity index (χ3v) is 4.06. The molecule has 0 unspecified atom stereocenters. The van der Waals surface area contributed by atoms with Crippen molar-refractivity contribution in [3.63, 3.8) is 0 Å². The van der Waals surface area contributed by atoms with Crippen LogP contribution in [0.3, 0.4) is 0 Å². The van der Waals surface area contributed by atoms with Gasteiger partial charge in [0.25, 0.3) is 0 Å². The molecule has 5 heteroatoms. The predicted octanol–water partition coefficient (Wildman–Crippen LogP) is 5.19. The summed E-state index contributed by atoms with van der Waals surface area (Å²) in [4.78, 5) is 23.1. The van der Waals surface area contributed by atoms with Gasteiger partial charge in [0.1, 0.15) is 0 Å². The normalized spacial score (nSPS) is 10.2. The van der Waals surface area contributed by atoms with Crippen LogP contribution in [0.1, 0.15) is 104 Å². The van der Waals surface area contributed by atoms with Crippen LogP contribution in [0.4, 0.5) is 0 Å². The largest absolute Gasteiger partial charge is 0.466 e. The maximum atomic E-state index is 11.5. The van der Waals surface area contributed by atoms with Gasteiger partial charge in [-0.3, -0.25) is 9.59 Å². The third kappa shape index (κ3) is 22.5. The molecule has 0 N–H and O–H groups in total. The fourth-order valence-corrected chi connectivity index (χ4v) is 2.49. The van der Waals surface area contributed by atoms with Gasteiger partial charge >= 0.3 is 11.9 Å². The van der Waals surface area contributed by atoms with E-state index in [2.05, 4.69) is 13.8 Å². The molecule has 4 nitrogen and oxygen atoms in total. The molecular weight excluding hydrogens is 343 g/mol. The Morgan fingerprint density at radius 1 is 0.560 bits per heavy atom. The summed E-state index contributed by atoms with van der Waals surface area (Å²) in [5, 5.41) is 0. The van der Waals surface area contributed by atoms with Crippen molar-refractivity contribution in [3.05, 3.63) is 0 Å². The number of carbonyl (C=O) groups excluding carboxylic acids is 2. The van der Waals surface area contributed by atoms with E-state index in [-0.39, 0.29) is 76.2 Å². The minimum Gasteiger partial charge on any atom is -0.466 e. The summed E-state index contributed by atoms with van der Waals surface area (Å²) in [7, 11) is 0. The van der Waals surface area contributed by atoms with Gasteiger partial charge in [-0.25, -0.2) is 0 Å². The maximum absolute atomic E-state index is 11.5. The zero-order valence-electron chi connectivity index (χ0n) is 16.9. The van der Waals surface area contributed by atoms with Crippen LogP contribution in [0.2, 0.25) is 0 Å². The Hall–Kier alpha value is 0.576. The van der Waals surface area contributed by atoms with Crippen molar-refractivity contribution in [2.24, 2.45) is 0 Å². The maximum Gasteiger partial charge on any atom is 0.306 e. The Bertz CT molecular complexity index is 278. The molecule has 0 aromatic rings. The first kappa shape index (κ1) is 27.8. The van der Waals surface area contributed by atoms with Gasteiger partial charge in [0.05, 0.1) is 26.1 Å². The van der Waals surface area contributed by atoms with Crippen LogP contribution >= 0.6 is 0 Å². The minimum atomic E-state index is -0.292. The molecule has 0 aromatic carbocycles. The SMILES string of the molecule is CCCCCCCCOC(=O)CCC(=O)OCCCCCCCC.[K]. The van der Waals surface area contributed by atoms with E-state index in [0.717, 1.165) is 25.7 Å². The molecule has 0 rings (SSSR count). The van der Waals surface area contributed by atoms with E-state index in [1.165, 1.54) is 51.4 Å². The van der Waals surface area contributed by atoms with Gasteiger partial charge in [-0.15, -0.1) is 0 Å². The molecule has 0 fully saturated rings. The number of esters is 2. The van der Waals surface area contributed by atoms with Crippen LogP contribution in [0.5, 0.6) is 0 Å². The van der Waals surface area contributed by atoms with Gasteiger partial charge in [-0.05, 0) is 12.8 Å². The number of unbranched alkanes of at least 4 members (excludes halogenated alkanes) is 10. The topological polar surface area (TPSA) is 52.6 Å². The van der Waals surface area contributed by atoms with Gasteiger partial charge in [0.2, 0.25) is 0 Å². The van der Waals surface area contributed by atoms with Crippen molar-refractivity contribution < 1.29 is 19.1 Å². The van der Waals surface area contributed by atoms with Crippen LogP contribution in [-0.2, 0) is 19.1 Å². The number of carbonyl (C=O) groups is 2. The molecule has 0 aliphatic heterocycles. The van der Waals surface area contributed by atoms with Gasteiger partial charge in [-0.2, -0.15) is 0 Å². The van der Waals surface area contributed by atoms with Crippen LogP contribution in [0.25, 0.3) is 0 Å². The monoisotopic (exact) mass is 381 g/mol. The molecule has 0 aliphatic carbocycles. The van der Waals surface area contributed by atoms with E-state index in [1.807, 2.05) is 0 Å². The molecule has 0 spiro atoms. The second-order valence-corrected chi connectivity index (χ2v) is 6.48. The van der Waals surface area contributed by atoms with Crippen LogP contribution in [0, 0.1) is 0 Å². The third-order valence-electron chi connectivity index (χ3n) is 4.06. The fraction of sp³-hybridized carbons (Fsp3) is 0.900. The molecule has 0 atom stereocenters. The number of hydrogen-bond donors (Lipinski definition) is 0. The van der Waals surface area contributed by atoms with Crippen molar-refractivity contribution in [2.75, 3.05) is 13.2 Å². The van der Waals surface area contributed by atoms with E-state index in [4.69, 9.17) is 9.47 Å². The summed E-state index contributed by atoms with van der Waals surface area (Å²) >= 11 is 0. The Labute approximate surface area is 197 Å². The van der Waals surface area contributed by atoms with Crippen LogP contribution < -0.4 is 0 Å². The summed E-state index contributed by atoms with van der Waals surface area (Å²) in [6, 6.07) is 0. The van der Waals surface area contributed by atoms with Gasteiger partial charge in [0.15, 0.2) is 0 Å². The Morgan fingerprint density at radius 2 is 0.880 bits per heavy atom. The molecule has 0 bridgehead atoms. The summed E-state index contributed by atoms with van der Waals surface area (Å²) in [6.07, 6.45) is 14.3. The zero-order valence-corrected chi connectivity index (χ0v) is 20.1. The van der Waals surface area contributed by atoms with Gasteiger partial charge < -0.3 is 9.47 Å². The van der Waals surface area contributed by atoms with E-state index < -0.39 is 0 Å². The quantitative estimate of drug-likeness (QED) is 0.197. The van der Waals surface area contributed by atoms with Crippen molar-refractivity contribution >= 4 is 63.3 Å². The van der Waals surface area contributed by atoms with E-state index in [1.54, 1.807) is 0 Å². The molecule has 0 aromatic heterocycles. The summed E-state index contributed by atoms with van der Waals surface area (Å²) in [5.74, 6) is -0.583. The smallest absolute Gasteiger partial charge is 0.306 e. The molecule has 143 valence electrons. The molecular formula is C20H38KO4. The summed E-state index contributed by atoms with van der Waals surface area (Å²) in [5.41, 5.74) is 0. The average molecular weight is 382 g/mol. The fourth-order valence-electron chi connectivity index (χ4n) is 2.49. The summed E-state index contributed by atoms with van der Waals surface area (Å²) < 4.78 is 10.3. The van der Waals surface area contributed by atoms with E-state index >= 15 is 0 Å². The second-order valence-electron chi connectivity index (χ2n) is 6.48. The predicted molar refractivity (Wildman–Crippen MR) is 104 cm³/mol.